The van der Waals surface area contributed by atoms with Gasteiger partial charge >= 0.3 is 6.18 Å². The van der Waals surface area contributed by atoms with Gasteiger partial charge in [-0.15, -0.1) is 0 Å². The Hall–Kier alpha value is -1.04. The maximum Gasteiger partial charge on any atom is 0.391 e. The molecule has 0 aliphatic heterocycles. The quantitative estimate of drug-likeness (QED) is 0.879. The SMILES string of the molecule is O=C(N[C@@H]1CCC[C@@H](C(F)(F)F)C1)c1ccsc1. The first-order valence-corrected chi connectivity index (χ1v) is 6.81. The molecule has 0 bridgehead atoms. The smallest absolute Gasteiger partial charge is 0.349 e. The van der Waals surface area contributed by atoms with Crippen LogP contribution in [-0.4, -0.2) is 18.1 Å². The van der Waals surface area contributed by atoms with Gasteiger partial charge in [-0.25, -0.2) is 0 Å². The van der Waals surface area contributed by atoms with Gasteiger partial charge in [-0.1, -0.05) is 6.42 Å². The molecule has 0 aromatic carbocycles. The molecule has 1 fully saturated rings. The Balaban J connectivity index is 1.92. The first kappa shape index (κ1) is 13.4. The minimum Gasteiger partial charge on any atom is -0.349 e. The molecule has 1 amide bonds. The fraction of sp³-hybridized carbons (Fsp3) is 0.583. The predicted octanol–water partition coefficient (Wildman–Crippen LogP) is 3.60. The van der Waals surface area contributed by atoms with E-state index in [1.807, 2.05) is 0 Å². The van der Waals surface area contributed by atoms with Gasteiger partial charge in [0.15, 0.2) is 0 Å². The lowest BCUT2D eigenvalue weighted by molar-refractivity contribution is -0.183. The molecule has 1 aromatic rings. The van der Waals surface area contributed by atoms with Crippen LogP contribution in [0.2, 0.25) is 0 Å². The Bertz CT molecular complexity index is 402. The van der Waals surface area contributed by atoms with Crippen LogP contribution in [0.3, 0.4) is 0 Å². The molecule has 1 saturated carbocycles. The molecule has 0 saturated heterocycles. The van der Waals surface area contributed by atoms with Crippen molar-refractivity contribution in [3.05, 3.63) is 22.4 Å². The number of carbonyl (C=O) groups excluding carboxylic acids is 1. The van der Waals surface area contributed by atoms with Crippen LogP contribution in [0.1, 0.15) is 36.0 Å². The molecule has 1 N–H and O–H groups in total. The molecule has 0 radical (unpaired) electrons. The van der Waals surface area contributed by atoms with E-state index in [2.05, 4.69) is 5.32 Å². The molecule has 1 aromatic heterocycles. The largest absolute Gasteiger partial charge is 0.391 e. The summed E-state index contributed by atoms with van der Waals surface area (Å²) in [6.07, 6.45) is -2.83. The highest BCUT2D eigenvalue weighted by atomic mass is 32.1. The van der Waals surface area contributed by atoms with E-state index in [4.69, 9.17) is 0 Å². The highest BCUT2D eigenvalue weighted by Crippen LogP contribution is 2.37. The molecular formula is C12H14F3NOS. The van der Waals surface area contributed by atoms with Gasteiger partial charge in [0.25, 0.3) is 5.91 Å². The van der Waals surface area contributed by atoms with Gasteiger partial charge in [0, 0.05) is 17.0 Å². The molecule has 100 valence electrons. The summed E-state index contributed by atoms with van der Waals surface area (Å²) in [4.78, 5) is 11.7. The van der Waals surface area contributed by atoms with Gasteiger partial charge in [-0.3, -0.25) is 4.79 Å². The predicted molar refractivity (Wildman–Crippen MR) is 63.6 cm³/mol. The third kappa shape index (κ3) is 3.25. The summed E-state index contributed by atoms with van der Waals surface area (Å²) in [6.45, 7) is 0. The number of alkyl halides is 3. The number of thiophene rings is 1. The van der Waals surface area contributed by atoms with Crippen molar-refractivity contribution < 1.29 is 18.0 Å². The van der Waals surface area contributed by atoms with E-state index in [0.29, 0.717) is 18.4 Å². The van der Waals surface area contributed by atoms with E-state index >= 15 is 0 Å². The van der Waals surface area contributed by atoms with E-state index < -0.39 is 12.1 Å². The second-order valence-electron chi connectivity index (χ2n) is 4.59. The lowest BCUT2D eigenvalue weighted by Gasteiger charge is -2.30. The van der Waals surface area contributed by atoms with Gasteiger partial charge in [0.2, 0.25) is 0 Å². The highest BCUT2D eigenvalue weighted by molar-refractivity contribution is 7.08. The van der Waals surface area contributed by atoms with Crippen molar-refractivity contribution in [2.75, 3.05) is 0 Å². The topological polar surface area (TPSA) is 29.1 Å². The highest BCUT2D eigenvalue weighted by Gasteiger charge is 2.42. The monoisotopic (exact) mass is 277 g/mol. The normalized spacial score (nSPS) is 24.8. The number of nitrogens with one attached hydrogen (secondary N) is 1. The van der Waals surface area contributed by atoms with Gasteiger partial charge in [-0.2, -0.15) is 24.5 Å². The molecule has 1 aliphatic rings. The number of hydrogen-bond acceptors (Lipinski definition) is 2. The maximum absolute atomic E-state index is 12.6. The fourth-order valence-electron chi connectivity index (χ4n) is 2.28. The molecule has 18 heavy (non-hydrogen) atoms. The van der Waals surface area contributed by atoms with Gasteiger partial charge < -0.3 is 5.32 Å². The number of carbonyl (C=O) groups is 1. The molecule has 2 atom stereocenters. The molecule has 1 aliphatic carbocycles. The number of amides is 1. The van der Waals surface area contributed by atoms with Crippen molar-refractivity contribution in [3.8, 4) is 0 Å². The van der Waals surface area contributed by atoms with Crippen LogP contribution in [-0.2, 0) is 0 Å². The molecule has 6 heteroatoms. The summed E-state index contributed by atoms with van der Waals surface area (Å²) in [7, 11) is 0. The second-order valence-corrected chi connectivity index (χ2v) is 5.37. The molecule has 2 nitrogen and oxygen atoms in total. The van der Waals surface area contributed by atoms with Gasteiger partial charge in [0.05, 0.1) is 5.92 Å². The van der Waals surface area contributed by atoms with Crippen LogP contribution >= 0.6 is 11.3 Å². The molecule has 1 heterocycles. The lowest BCUT2D eigenvalue weighted by Crippen LogP contribution is -2.41. The zero-order valence-corrected chi connectivity index (χ0v) is 10.5. The van der Waals surface area contributed by atoms with E-state index in [0.717, 1.165) is 0 Å². The zero-order valence-electron chi connectivity index (χ0n) is 9.67. The van der Waals surface area contributed by atoms with Crippen molar-refractivity contribution in [3.63, 3.8) is 0 Å². The summed E-state index contributed by atoms with van der Waals surface area (Å²) < 4.78 is 37.8. The summed E-state index contributed by atoms with van der Waals surface area (Å²) in [6, 6.07) is 1.31. The fourth-order valence-corrected chi connectivity index (χ4v) is 2.92. The molecule has 2 rings (SSSR count). The molecule has 0 unspecified atom stereocenters. The Morgan fingerprint density at radius 3 is 2.78 bits per heavy atom. The number of hydrogen-bond donors (Lipinski definition) is 1. The molecule has 0 spiro atoms. The van der Waals surface area contributed by atoms with Gasteiger partial charge in [-0.05, 0) is 30.7 Å². The Labute approximate surface area is 107 Å². The van der Waals surface area contributed by atoms with Crippen LogP contribution < -0.4 is 5.32 Å². The minimum absolute atomic E-state index is 0.000618. The van der Waals surface area contributed by atoms with E-state index in [1.165, 1.54) is 11.3 Å². The van der Waals surface area contributed by atoms with E-state index in [1.54, 1.807) is 16.8 Å². The third-order valence-electron chi connectivity index (χ3n) is 3.26. The standard InChI is InChI=1S/C12H14F3NOS/c13-12(14,15)9-2-1-3-10(6-9)16-11(17)8-4-5-18-7-8/h4-5,7,9-10H,1-3,6H2,(H,16,17)/t9-,10-/m1/s1. The second kappa shape index (κ2) is 5.30. The first-order valence-electron chi connectivity index (χ1n) is 5.86. The van der Waals surface area contributed by atoms with Crippen LogP contribution in [0, 0.1) is 5.92 Å². The Kier molecular flexibility index (Phi) is 3.94. The summed E-state index contributed by atoms with van der Waals surface area (Å²) in [5.41, 5.74) is 0.522. The van der Waals surface area contributed by atoms with Crippen LogP contribution in [0.5, 0.6) is 0 Å². The number of halogens is 3. The Morgan fingerprint density at radius 2 is 2.17 bits per heavy atom. The first-order chi connectivity index (χ1) is 8.47. The van der Waals surface area contributed by atoms with Crippen molar-refractivity contribution >= 4 is 17.2 Å². The average molecular weight is 277 g/mol. The maximum atomic E-state index is 12.6. The average Bonchev–Trinajstić information content (AvgIpc) is 2.81. The zero-order chi connectivity index (χ0) is 13.2. The number of rotatable bonds is 2. The van der Waals surface area contributed by atoms with Gasteiger partial charge in [0.1, 0.15) is 0 Å². The van der Waals surface area contributed by atoms with Crippen molar-refractivity contribution in [2.45, 2.75) is 37.9 Å². The lowest BCUT2D eigenvalue weighted by atomic mass is 9.85. The minimum atomic E-state index is -4.15. The third-order valence-corrected chi connectivity index (χ3v) is 3.94. The Morgan fingerprint density at radius 1 is 1.39 bits per heavy atom. The van der Waals surface area contributed by atoms with E-state index in [9.17, 15) is 18.0 Å². The van der Waals surface area contributed by atoms with Crippen molar-refractivity contribution in [1.29, 1.82) is 0 Å². The van der Waals surface area contributed by atoms with Crippen molar-refractivity contribution in [2.24, 2.45) is 5.92 Å². The van der Waals surface area contributed by atoms with Crippen LogP contribution in [0.25, 0.3) is 0 Å². The van der Waals surface area contributed by atoms with E-state index in [-0.39, 0.29) is 24.8 Å². The van der Waals surface area contributed by atoms with Crippen molar-refractivity contribution in [1.82, 2.24) is 5.32 Å². The molecular weight excluding hydrogens is 263 g/mol. The van der Waals surface area contributed by atoms with Crippen LogP contribution in [0.15, 0.2) is 16.8 Å². The summed E-state index contributed by atoms with van der Waals surface area (Å²) in [5, 5.41) is 6.16. The summed E-state index contributed by atoms with van der Waals surface area (Å²) >= 11 is 1.39. The summed E-state index contributed by atoms with van der Waals surface area (Å²) in [5.74, 6) is -1.55. The van der Waals surface area contributed by atoms with Crippen LogP contribution in [0.4, 0.5) is 13.2 Å².